The van der Waals surface area contributed by atoms with E-state index in [1.165, 1.54) is 0 Å². The minimum Gasteiger partial charge on any atom is -0.353 e. The number of halogens is 1. The molecule has 2 atom stereocenters. The number of nitrogens with one attached hydrogen (secondary N) is 1. The number of hydrogen-bond acceptors (Lipinski definition) is 1. The molecule has 0 aromatic rings. The molecule has 1 rings (SSSR count). The molecule has 1 aliphatic heterocycles. The van der Waals surface area contributed by atoms with Crippen molar-refractivity contribution >= 4 is 5.91 Å². The van der Waals surface area contributed by atoms with E-state index in [0.29, 0.717) is 6.54 Å². The highest BCUT2D eigenvalue weighted by atomic mass is 19.1. The van der Waals surface area contributed by atoms with E-state index >= 15 is 0 Å². The minimum absolute atomic E-state index is 0.126. The first-order chi connectivity index (χ1) is 4.93. The maximum absolute atomic E-state index is 13.1. The van der Waals surface area contributed by atoms with Crippen LogP contribution in [0.3, 0.4) is 0 Å². The number of carbonyl (C=O) groups is 1. The predicted octanol–water partition coefficient (Wildman–Crippen LogP) is 1.12. The van der Waals surface area contributed by atoms with E-state index in [1.807, 2.05) is 20.8 Å². The Morgan fingerprint density at radius 1 is 1.55 bits per heavy atom. The molecule has 64 valence electrons. The van der Waals surface area contributed by atoms with Crippen molar-refractivity contribution < 1.29 is 9.18 Å². The molecule has 1 heterocycles. The van der Waals surface area contributed by atoms with Crippen LogP contribution in [0.4, 0.5) is 4.39 Å². The van der Waals surface area contributed by atoms with Crippen molar-refractivity contribution in [3.05, 3.63) is 0 Å². The van der Waals surface area contributed by atoms with Gasteiger partial charge in [0.15, 0.2) is 6.17 Å². The van der Waals surface area contributed by atoms with Gasteiger partial charge in [0.1, 0.15) is 0 Å². The van der Waals surface area contributed by atoms with Crippen molar-refractivity contribution in [3.8, 4) is 0 Å². The van der Waals surface area contributed by atoms with Crippen molar-refractivity contribution in [2.45, 2.75) is 26.9 Å². The molecule has 1 amide bonds. The van der Waals surface area contributed by atoms with E-state index in [0.717, 1.165) is 0 Å². The molecule has 1 N–H and O–H groups in total. The zero-order valence-electron chi connectivity index (χ0n) is 7.15. The van der Waals surface area contributed by atoms with E-state index in [1.54, 1.807) is 0 Å². The van der Waals surface area contributed by atoms with Crippen molar-refractivity contribution in [1.29, 1.82) is 0 Å². The summed E-state index contributed by atoms with van der Waals surface area (Å²) in [5, 5.41) is 2.51. The summed E-state index contributed by atoms with van der Waals surface area (Å²) in [4.78, 5) is 10.7. The second-order valence-electron chi connectivity index (χ2n) is 4.12. The maximum Gasteiger partial charge on any atom is 0.254 e. The molecule has 1 saturated heterocycles. The third-order valence-electron chi connectivity index (χ3n) is 2.21. The van der Waals surface area contributed by atoms with Gasteiger partial charge in [0.25, 0.3) is 5.91 Å². The summed E-state index contributed by atoms with van der Waals surface area (Å²) in [6.07, 6.45) is -1.31. The molecular weight excluding hydrogens is 145 g/mol. The lowest BCUT2D eigenvalue weighted by atomic mass is 9.79. The van der Waals surface area contributed by atoms with Gasteiger partial charge in [-0.05, 0) is 5.41 Å². The average Bonchev–Trinajstić information content (AvgIpc) is 2.11. The Kier molecular flexibility index (Phi) is 1.90. The largest absolute Gasteiger partial charge is 0.353 e. The highest BCUT2D eigenvalue weighted by Crippen LogP contribution is 2.32. The van der Waals surface area contributed by atoms with Gasteiger partial charge in [-0.3, -0.25) is 4.79 Å². The van der Waals surface area contributed by atoms with Crippen molar-refractivity contribution in [2.24, 2.45) is 11.3 Å². The van der Waals surface area contributed by atoms with Gasteiger partial charge in [-0.1, -0.05) is 20.8 Å². The Morgan fingerprint density at radius 2 is 2.09 bits per heavy atom. The van der Waals surface area contributed by atoms with Crippen LogP contribution >= 0.6 is 0 Å². The zero-order valence-corrected chi connectivity index (χ0v) is 7.15. The van der Waals surface area contributed by atoms with E-state index in [9.17, 15) is 9.18 Å². The molecule has 11 heavy (non-hydrogen) atoms. The summed E-state index contributed by atoms with van der Waals surface area (Å²) in [6.45, 7) is 6.32. The molecule has 0 aliphatic carbocycles. The molecule has 0 unspecified atom stereocenters. The first kappa shape index (κ1) is 8.50. The molecule has 0 aromatic heterocycles. The smallest absolute Gasteiger partial charge is 0.254 e. The van der Waals surface area contributed by atoms with Crippen molar-refractivity contribution in [1.82, 2.24) is 5.32 Å². The molecule has 0 saturated carbocycles. The van der Waals surface area contributed by atoms with Crippen LogP contribution in [0.5, 0.6) is 0 Å². The van der Waals surface area contributed by atoms with Crippen LogP contribution in [0.1, 0.15) is 20.8 Å². The summed E-state index contributed by atoms with van der Waals surface area (Å²) >= 11 is 0. The molecule has 1 aliphatic rings. The van der Waals surface area contributed by atoms with Crippen LogP contribution in [0.15, 0.2) is 0 Å². The van der Waals surface area contributed by atoms with E-state index in [-0.39, 0.29) is 11.3 Å². The standard InChI is InChI=1S/C8H14FNO/c1-8(2,3)5-4-10-7(11)6(5)9/h5-6H,4H2,1-3H3,(H,10,11)/t5-,6-/m1/s1. The monoisotopic (exact) mass is 159 g/mol. The normalized spacial score (nSPS) is 32.2. The second-order valence-corrected chi connectivity index (χ2v) is 4.12. The van der Waals surface area contributed by atoms with Crippen LogP contribution in [0.2, 0.25) is 0 Å². The summed E-state index contributed by atoms with van der Waals surface area (Å²) in [5.74, 6) is -0.625. The van der Waals surface area contributed by atoms with Crippen LogP contribution in [-0.2, 0) is 4.79 Å². The lowest BCUT2D eigenvalue weighted by Gasteiger charge is -2.26. The lowest BCUT2D eigenvalue weighted by molar-refractivity contribution is -0.124. The zero-order chi connectivity index (χ0) is 8.65. The number of rotatable bonds is 0. The Bertz CT molecular complexity index is 173. The minimum atomic E-state index is -1.31. The quantitative estimate of drug-likeness (QED) is 0.563. The fraction of sp³-hybridized carbons (Fsp3) is 0.875. The summed E-state index contributed by atoms with van der Waals surface area (Å²) < 4.78 is 13.1. The summed E-state index contributed by atoms with van der Waals surface area (Å²) in [7, 11) is 0. The van der Waals surface area contributed by atoms with Gasteiger partial charge >= 0.3 is 0 Å². The van der Waals surface area contributed by atoms with Gasteiger partial charge in [0.2, 0.25) is 0 Å². The fourth-order valence-corrected chi connectivity index (χ4v) is 1.34. The first-order valence-electron chi connectivity index (χ1n) is 3.84. The molecule has 0 spiro atoms. The Hall–Kier alpha value is -0.600. The van der Waals surface area contributed by atoms with E-state index < -0.39 is 12.1 Å². The third kappa shape index (κ3) is 1.52. The highest BCUT2D eigenvalue weighted by Gasteiger charge is 2.41. The van der Waals surface area contributed by atoms with Crippen molar-refractivity contribution in [2.75, 3.05) is 6.54 Å². The van der Waals surface area contributed by atoms with Gasteiger partial charge in [-0.2, -0.15) is 0 Å². The summed E-state index contributed by atoms with van der Waals surface area (Å²) in [6, 6.07) is 0. The Morgan fingerprint density at radius 3 is 2.27 bits per heavy atom. The molecule has 2 nitrogen and oxygen atoms in total. The van der Waals surface area contributed by atoms with Gasteiger partial charge < -0.3 is 5.32 Å². The van der Waals surface area contributed by atoms with Crippen LogP contribution in [-0.4, -0.2) is 18.6 Å². The van der Waals surface area contributed by atoms with Crippen LogP contribution in [0.25, 0.3) is 0 Å². The summed E-state index contributed by atoms with van der Waals surface area (Å²) in [5.41, 5.74) is -0.126. The lowest BCUT2D eigenvalue weighted by Crippen LogP contribution is -2.29. The number of hydrogen-bond donors (Lipinski definition) is 1. The number of carbonyl (C=O) groups excluding carboxylic acids is 1. The molecule has 0 aromatic carbocycles. The fourth-order valence-electron chi connectivity index (χ4n) is 1.34. The van der Waals surface area contributed by atoms with Gasteiger partial charge in [0, 0.05) is 12.5 Å². The number of alkyl halides is 1. The van der Waals surface area contributed by atoms with Crippen molar-refractivity contribution in [3.63, 3.8) is 0 Å². The first-order valence-corrected chi connectivity index (χ1v) is 3.84. The van der Waals surface area contributed by atoms with Gasteiger partial charge in [-0.25, -0.2) is 4.39 Å². The predicted molar refractivity (Wildman–Crippen MR) is 40.9 cm³/mol. The maximum atomic E-state index is 13.1. The highest BCUT2D eigenvalue weighted by molar-refractivity contribution is 5.83. The molecule has 0 radical (unpaired) electrons. The number of amides is 1. The Labute approximate surface area is 66.2 Å². The third-order valence-corrected chi connectivity index (χ3v) is 2.21. The Balaban J connectivity index is 2.70. The van der Waals surface area contributed by atoms with Gasteiger partial charge in [-0.15, -0.1) is 0 Å². The molecule has 1 fully saturated rings. The average molecular weight is 159 g/mol. The van der Waals surface area contributed by atoms with E-state index in [4.69, 9.17) is 0 Å². The SMILES string of the molecule is CC(C)(C)[C@@H]1CNC(=O)[C@@H]1F. The molecule has 3 heteroatoms. The second kappa shape index (κ2) is 2.47. The molecular formula is C8H14FNO. The van der Waals surface area contributed by atoms with Crippen LogP contribution in [0, 0.1) is 11.3 Å². The molecule has 0 bridgehead atoms. The van der Waals surface area contributed by atoms with E-state index in [2.05, 4.69) is 5.32 Å². The van der Waals surface area contributed by atoms with Crippen LogP contribution < -0.4 is 5.32 Å². The van der Waals surface area contributed by atoms with Gasteiger partial charge in [0.05, 0.1) is 0 Å². The topological polar surface area (TPSA) is 29.1 Å².